The molecule has 2 bridgehead atoms. The number of likely N-dealkylation sites (tertiary alicyclic amines) is 1. The van der Waals surface area contributed by atoms with Gasteiger partial charge in [-0.1, -0.05) is 153 Å². The third kappa shape index (κ3) is 23.0. The normalized spacial score (nSPS) is 24.6. The first-order chi connectivity index (χ1) is 46.7. The number of piperidine rings is 1. The summed E-state index contributed by atoms with van der Waals surface area (Å²) in [5.41, 5.74) is 3.39. The van der Waals surface area contributed by atoms with E-state index >= 15 is 14.4 Å². The lowest BCUT2D eigenvalue weighted by Crippen LogP contribution is -2.62. The van der Waals surface area contributed by atoms with Crippen molar-refractivity contribution in [3.8, 4) is 0 Å². The third-order valence-corrected chi connectivity index (χ3v) is 19.2. The van der Waals surface area contributed by atoms with Crippen molar-refractivity contribution in [3.63, 3.8) is 0 Å². The third-order valence-electron chi connectivity index (χ3n) is 19.2. The Morgan fingerprint density at radius 2 is 1.04 bits per heavy atom. The minimum Gasteiger partial charge on any atom is -0.391 e. The number of amides is 11. The molecule has 23 heteroatoms. The summed E-state index contributed by atoms with van der Waals surface area (Å²) in [6, 6.07) is 14.2. The molecule has 0 unspecified atom stereocenters. The molecule has 0 aromatic heterocycles. The van der Waals surface area contributed by atoms with Crippen LogP contribution in [-0.2, 0) is 72.0 Å². The van der Waals surface area contributed by atoms with Crippen LogP contribution < -0.4 is 21.3 Å². The van der Waals surface area contributed by atoms with Gasteiger partial charge in [-0.2, -0.15) is 0 Å². The fourth-order valence-corrected chi connectivity index (χ4v) is 13.0. The van der Waals surface area contributed by atoms with Gasteiger partial charge in [0.2, 0.25) is 65.0 Å². The Labute approximate surface area is 587 Å². The number of nitrogens with one attached hydrogen (secondary N) is 4. The van der Waals surface area contributed by atoms with Gasteiger partial charge in [-0.3, -0.25) is 52.7 Å². The molecular formula is C76H113N11O12. The van der Waals surface area contributed by atoms with E-state index in [1.165, 1.54) is 75.7 Å². The van der Waals surface area contributed by atoms with Crippen molar-refractivity contribution in [2.75, 3.05) is 61.9 Å². The molecule has 3 aromatic rings. The second-order valence-electron chi connectivity index (χ2n) is 28.7. The fraction of sp³-hybridized carbons (Fsp3) is 0.592. The van der Waals surface area contributed by atoms with Crippen LogP contribution in [0.5, 0.6) is 0 Å². The standard InChI is InChI=1S/C76H113N11O12/c1-18-50(8)67-70(93)77-52(10)71(94)83(14)61(44-54-28-22-19-23-29-54)69(92)80-66(53(11)88)76(99)81(12)46-65(90)82(13)63(45-55-30-24-20-25-31-55)74(97)84(15)60(41-48(4)5)68(91)79-59(73(96)87-38-26-21-27-39-87)43-56-33-35-57(36-34-56)51(9)32-37-64(89)78-58(40-47(2)3)72(95)85(16)62(42-49(6)7)75(98)86(67)17/h19-20,22-25,28-31,33-36,47-50,52-53,58-63,66-67,88H,9,18,21,26-27,32,37-46H2,1-8,10-17H3,(H,77,93)(H,78,89)(H,79,91)(H,80,92)/t50-,52-,53+,58-,59-,60-,61-,62-,63-,66-,67-/m0/s1. The average Bonchev–Trinajstić information content (AvgIpc) is 0.822. The largest absolute Gasteiger partial charge is 0.391 e. The van der Waals surface area contributed by atoms with Crippen LogP contribution >= 0.6 is 0 Å². The maximum Gasteiger partial charge on any atom is 0.248 e. The molecule has 544 valence electrons. The molecule has 1 fully saturated rings. The molecular weight excluding hydrogens is 1260 g/mol. The second-order valence-corrected chi connectivity index (χ2v) is 28.7. The number of hydrogen-bond donors (Lipinski definition) is 5. The molecule has 3 heterocycles. The zero-order valence-corrected chi connectivity index (χ0v) is 61.5. The Kier molecular flexibility index (Phi) is 31.3. The highest BCUT2D eigenvalue weighted by atomic mass is 16.3. The van der Waals surface area contributed by atoms with Crippen molar-refractivity contribution < 1.29 is 57.8 Å². The molecule has 3 aromatic carbocycles. The monoisotopic (exact) mass is 1370 g/mol. The van der Waals surface area contributed by atoms with Crippen LogP contribution in [-0.4, -0.2) is 227 Å². The Morgan fingerprint density at radius 3 is 1.58 bits per heavy atom. The summed E-state index contributed by atoms with van der Waals surface area (Å²) in [5.74, 6) is -7.47. The maximum atomic E-state index is 15.3. The number of rotatable bonds is 14. The summed E-state index contributed by atoms with van der Waals surface area (Å²) in [6.45, 7) is 22.6. The Balaban J connectivity index is 1.61. The number of fused-ring (bicyclic) bond motifs is 35. The summed E-state index contributed by atoms with van der Waals surface area (Å²) >= 11 is 0. The number of aliphatic hydroxyl groups is 1. The highest BCUT2D eigenvalue weighted by molar-refractivity contribution is 5.99. The molecule has 3 aliphatic heterocycles. The Bertz CT molecular complexity index is 3250. The zero-order valence-electron chi connectivity index (χ0n) is 61.5. The van der Waals surface area contributed by atoms with Gasteiger partial charge in [0.1, 0.15) is 54.4 Å². The van der Waals surface area contributed by atoms with Gasteiger partial charge in [-0.25, -0.2) is 0 Å². The number of allylic oxidation sites excluding steroid dienone is 1. The van der Waals surface area contributed by atoms with Gasteiger partial charge < -0.3 is 60.7 Å². The topological polar surface area (TPSA) is 279 Å². The number of likely N-dealkylation sites (N-methyl/N-ethyl adjacent to an activating group) is 6. The van der Waals surface area contributed by atoms with Crippen molar-refractivity contribution in [3.05, 3.63) is 114 Å². The van der Waals surface area contributed by atoms with Crippen LogP contribution in [0.1, 0.15) is 149 Å². The minimum atomic E-state index is -1.67. The fourth-order valence-electron chi connectivity index (χ4n) is 13.0. The lowest BCUT2D eigenvalue weighted by Gasteiger charge is -2.38. The van der Waals surface area contributed by atoms with Crippen LogP contribution in [0.3, 0.4) is 0 Å². The lowest BCUT2D eigenvalue weighted by molar-refractivity contribution is -0.151. The smallest absolute Gasteiger partial charge is 0.248 e. The molecule has 3 aliphatic rings. The first-order valence-corrected chi connectivity index (χ1v) is 35.3. The van der Waals surface area contributed by atoms with E-state index in [0.717, 1.165) is 40.2 Å². The number of carbonyl (C=O) groups is 11. The number of aliphatic hydroxyl groups excluding tert-OH is 1. The number of benzene rings is 3. The lowest BCUT2D eigenvalue weighted by atomic mass is 9.94. The summed E-state index contributed by atoms with van der Waals surface area (Å²) in [5, 5.41) is 22.8. The van der Waals surface area contributed by atoms with Gasteiger partial charge in [0.05, 0.1) is 12.6 Å². The van der Waals surface area contributed by atoms with Gasteiger partial charge >= 0.3 is 0 Å². The predicted octanol–water partition coefficient (Wildman–Crippen LogP) is 5.65. The quantitative estimate of drug-likeness (QED) is 0.123. The summed E-state index contributed by atoms with van der Waals surface area (Å²) in [4.78, 5) is 171. The molecule has 0 spiro atoms. The molecule has 0 saturated carbocycles. The molecule has 1 saturated heterocycles. The second kappa shape index (κ2) is 38.2. The molecule has 99 heavy (non-hydrogen) atoms. The van der Waals surface area contributed by atoms with Crippen LogP contribution in [0, 0.1) is 23.7 Å². The van der Waals surface area contributed by atoms with Crippen molar-refractivity contribution >= 4 is 70.6 Å². The first-order valence-electron chi connectivity index (χ1n) is 35.3. The van der Waals surface area contributed by atoms with E-state index in [9.17, 15) is 43.5 Å². The first kappa shape index (κ1) is 81.2. The van der Waals surface area contributed by atoms with E-state index in [0.29, 0.717) is 36.2 Å². The maximum absolute atomic E-state index is 15.3. The highest BCUT2D eigenvalue weighted by Gasteiger charge is 2.43. The van der Waals surface area contributed by atoms with E-state index in [2.05, 4.69) is 27.8 Å². The predicted molar refractivity (Wildman–Crippen MR) is 382 cm³/mol. The van der Waals surface area contributed by atoms with Crippen molar-refractivity contribution in [1.82, 2.24) is 55.6 Å². The average molecular weight is 1370 g/mol. The SMILES string of the molecule is C=C1CCC(=O)N[C@@H](CC(C)C)C(=O)N(C)[C@@H](CC(C)C)C(=O)N(C)[C@@H]([C@@H](C)CC)C(=O)N[C@@H](C)C(=O)N(C)[C@@H](Cc2ccccc2)C(=O)N[C@@H]([C@@H](C)O)C(=O)N(C)CC(=O)N(C)[C@@H](Cc2ccccc2)C(=O)N(C)[C@@H](CC(C)C)C(=O)N[C@H](C(=O)N2CCCCC2)Cc2ccc1cc2. The van der Waals surface area contributed by atoms with Crippen molar-refractivity contribution in [2.24, 2.45) is 23.7 Å². The van der Waals surface area contributed by atoms with Gasteiger partial charge in [0.15, 0.2) is 0 Å². The molecule has 5 N–H and O–H groups in total. The highest BCUT2D eigenvalue weighted by Crippen LogP contribution is 2.26. The molecule has 0 radical (unpaired) electrons. The van der Waals surface area contributed by atoms with Gasteiger partial charge in [0.25, 0.3) is 0 Å². The van der Waals surface area contributed by atoms with E-state index < -0.39 is 132 Å². The molecule has 11 atom stereocenters. The van der Waals surface area contributed by atoms with E-state index in [4.69, 9.17) is 0 Å². The summed E-state index contributed by atoms with van der Waals surface area (Å²) in [7, 11) is 8.62. The van der Waals surface area contributed by atoms with Gasteiger partial charge in [0, 0.05) is 81.1 Å². The van der Waals surface area contributed by atoms with Crippen LogP contribution in [0.15, 0.2) is 91.5 Å². The Hall–Kier alpha value is -8.47. The van der Waals surface area contributed by atoms with Crippen LogP contribution in [0.4, 0.5) is 0 Å². The minimum absolute atomic E-state index is 0.000921. The molecule has 0 aliphatic carbocycles. The molecule has 11 amide bonds. The van der Waals surface area contributed by atoms with Crippen LogP contribution in [0.25, 0.3) is 5.57 Å². The Morgan fingerprint density at radius 1 is 0.535 bits per heavy atom. The van der Waals surface area contributed by atoms with Crippen LogP contribution in [0.2, 0.25) is 0 Å². The van der Waals surface area contributed by atoms with Gasteiger partial charge in [-0.05, 0) is 110 Å². The van der Waals surface area contributed by atoms with E-state index in [1.807, 2.05) is 78.8 Å². The number of hydrogen-bond acceptors (Lipinski definition) is 12. The van der Waals surface area contributed by atoms with E-state index in [-0.39, 0.29) is 75.0 Å². The number of nitrogens with zero attached hydrogens (tertiary/aromatic N) is 7. The molecule has 6 rings (SSSR count). The van der Waals surface area contributed by atoms with Crippen molar-refractivity contribution in [1.29, 1.82) is 0 Å². The zero-order chi connectivity index (χ0) is 73.7. The van der Waals surface area contributed by atoms with E-state index in [1.54, 1.807) is 66.4 Å². The molecule has 23 nitrogen and oxygen atoms in total. The van der Waals surface area contributed by atoms with Gasteiger partial charge in [-0.15, -0.1) is 0 Å². The number of carbonyl (C=O) groups excluding carboxylic acids is 11. The van der Waals surface area contributed by atoms with Crippen molar-refractivity contribution in [2.45, 2.75) is 207 Å². The summed E-state index contributed by atoms with van der Waals surface area (Å²) in [6.07, 6.45) is 2.28. The summed E-state index contributed by atoms with van der Waals surface area (Å²) < 4.78 is 0.